The average molecular weight is 343 g/mol. The standard InChI is InChI=1S/C19H25N3O3/c1-12(2)17(19(25)20-14-8-9-14)21-18(24)13-10-16(23)22(11-13)15-6-4-3-5-7-15/h3-7,12-14,17H,8-11H2,1-2H3,(H,20,25)(H,21,24)/t13-,17-/m0/s1. The first-order valence-electron chi connectivity index (χ1n) is 8.92. The first-order chi connectivity index (χ1) is 12.0. The Morgan fingerprint density at radius 3 is 2.44 bits per heavy atom. The second-order valence-corrected chi connectivity index (χ2v) is 7.25. The molecule has 1 saturated carbocycles. The molecule has 25 heavy (non-hydrogen) atoms. The smallest absolute Gasteiger partial charge is 0.243 e. The molecule has 0 aromatic heterocycles. The molecule has 1 aromatic carbocycles. The number of para-hydroxylation sites is 1. The van der Waals surface area contributed by atoms with Crippen LogP contribution in [0.15, 0.2) is 30.3 Å². The summed E-state index contributed by atoms with van der Waals surface area (Å²) in [6.07, 6.45) is 2.19. The third-order valence-electron chi connectivity index (χ3n) is 4.73. The third-order valence-corrected chi connectivity index (χ3v) is 4.73. The number of carbonyl (C=O) groups excluding carboxylic acids is 3. The predicted molar refractivity (Wildman–Crippen MR) is 94.8 cm³/mol. The lowest BCUT2D eigenvalue weighted by molar-refractivity contribution is -0.132. The molecule has 1 aliphatic heterocycles. The van der Waals surface area contributed by atoms with Crippen molar-refractivity contribution in [1.82, 2.24) is 10.6 Å². The second-order valence-electron chi connectivity index (χ2n) is 7.25. The molecule has 0 radical (unpaired) electrons. The van der Waals surface area contributed by atoms with Gasteiger partial charge in [-0.3, -0.25) is 14.4 Å². The molecule has 6 heteroatoms. The minimum atomic E-state index is -0.561. The van der Waals surface area contributed by atoms with Crippen molar-refractivity contribution in [1.29, 1.82) is 0 Å². The Morgan fingerprint density at radius 2 is 1.84 bits per heavy atom. The molecular formula is C19H25N3O3. The van der Waals surface area contributed by atoms with Gasteiger partial charge in [0.15, 0.2) is 0 Å². The highest BCUT2D eigenvalue weighted by atomic mass is 16.2. The number of rotatable bonds is 6. The van der Waals surface area contributed by atoms with Crippen LogP contribution in [0.5, 0.6) is 0 Å². The van der Waals surface area contributed by atoms with Gasteiger partial charge in [0.2, 0.25) is 17.7 Å². The van der Waals surface area contributed by atoms with Gasteiger partial charge in [-0.25, -0.2) is 0 Å². The fourth-order valence-corrected chi connectivity index (χ4v) is 3.07. The van der Waals surface area contributed by atoms with Gasteiger partial charge >= 0.3 is 0 Å². The number of carbonyl (C=O) groups is 3. The van der Waals surface area contributed by atoms with Crippen molar-refractivity contribution < 1.29 is 14.4 Å². The minimum Gasteiger partial charge on any atom is -0.352 e. The first-order valence-corrected chi connectivity index (χ1v) is 8.92. The van der Waals surface area contributed by atoms with Crippen molar-refractivity contribution in [3.05, 3.63) is 30.3 Å². The number of anilines is 1. The molecule has 1 saturated heterocycles. The zero-order valence-electron chi connectivity index (χ0n) is 14.7. The first kappa shape index (κ1) is 17.5. The highest BCUT2D eigenvalue weighted by Gasteiger charge is 2.37. The summed E-state index contributed by atoms with van der Waals surface area (Å²) in [7, 11) is 0. The molecule has 3 rings (SSSR count). The van der Waals surface area contributed by atoms with Crippen molar-refractivity contribution in [3.8, 4) is 0 Å². The van der Waals surface area contributed by atoms with E-state index in [1.807, 2.05) is 44.2 Å². The van der Waals surface area contributed by atoms with Crippen LogP contribution >= 0.6 is 0 Å². The molecule has 1 aromatic rings. The van der Waals surface area contributed by atoms with Crippen LogP contribution < -0.4 is 15.5 Å². The van der Waals surface area contributed by atoms with Crippen LogP contribution in [0.3, 0.4) is 0 Å². The number of nitrogens with zero attached hydrogens (tertiary/aromatic N) is 1. The average Bonchev–Trinajstić information content (AvgIpc) is 3.31. The third kappa shape index (κ3) is 4.18. The Labute approximate surface area is 148 Å². The molecule has 1 heterocycles. The fraction of sp³-hybridized carbons (Fsp3) is 0.526. The largest absolute Gasteiger partial charge is 0.352 e. The molecule has 1 aliphatic carbocycles. The van der Waals surface area contributed by atoms with Gasteiger partial charge in [-0.05, 0) is 30.9 Å². The molecule has 0 spiro atoms. The number of benzene rings is 1. The van der Waals surface area contributed by atoms with E-state index in [1.165, 1.54) is 0 Å². The lowest BCUT2D eigenvalue weighted by atomic mass is 10.0. The van der Waals surface area contributed by atoms with Crippen LogP contribution in [0.4, 0.5) is 5.69 Å². The maximum atomic E-state index is 12.6. The maximum absolute atomic E-state index is 12.6. The van der Waals surface area contributed by atoms with E-state index in [0.717, 1.165) is 18.5 Å². The Bertz CT molecular complexity index is 655. The lowest BCUT2D eigenvalue weighted by Crippen LogP contribution is -2.51. The van der Waals surface area contributed by atoms with Crippen LogP contribution in [0, 0.1) is 11.8 Å². The summed E-state index contributed by atoms with van der Waals surface area (Å²) in [4.78, 5) is 38.9. The molecule has 3 amide bonds. The summed E-state index contributed by atoms with van der Waals surface area (Å²) in [5.74, 6) is -0.853. The van der Waals surface area contributed by atoms with Crippen LogP contribution in [0.25, 0.3) is 0 Å². The van der Waals surface area contributed by atoms with Gasteiger partial charge in [0.05, 0.1) is 5.92 Å². The molecule has 0 bridgehead atoms. The van der Waals surface area contributed by atoms with E-state index in [4.69, 9.17) is 0 Å². The summed E-state index contributed by atoms with van der Waals surface area (Å²) in [6.45, 7) is 4.17. The van der Waals surface area contributed by atoms with Gasteiger partial charge in [0, 0.05) is 24.7 Å². The predicted octanol–water partition coefficient (Wildman–Crippen LogP) is 1.46. The van der Waals surface area contributed by atoms with Gasteiger partial charge in [0.1, 0.15) is 6.04 Å². The van der Waals surface area contributed by atoms with Crippen molar-refractivity contribution in [2.75, 3.05) is 11.4 Å². The highest BCUT2D eigenvalue weighted by molar-refractivity contribution is 6.01. The molecule has 2 aliphatic rings. The van der Waals surface area contributed by atoms with Crippen LogP contribution in [-0.4, -0.2) is 36.3 Å². The SMILES string of the molecule is CC(C)[C@H](NC(=O)[C@H]1CC(=O)N(c2ccccc2)C1)C(=O)NC1CC1. The Morgan fingerprint density at radius 1 is 1.16 bits per heavy atom. The van der Waals surface area contributed by atoms with Crippen molar-refractivity contribution in [3.63, 3.8) is 0 Å². The zero-order valence-corrected chi connectivity index (χ0v) is 14.7. The number of amides is 3. The van der Waals surface area contributed by atoms with E-state index in [2.05, 4.69) is 10.6 Å². The second kappa shape index (κ2) is 7.25. The van der Waals surface area contributed by atoms with E-state index in [1.54, 1.807) is 4.90 Å². The molecule has 0 unspecified atom stereocenters. The number of hydrogen-bond donors (Lipinski definition) is 2. The van der Waals surface area contributed by atoms with Gasteiger partial charge in [-0.1, -0.05) is 32.0 Å². The summed E-state index contributed by atoms with van der Waals surface area (Å²) in [5.41, 5.74) is 0.801. The van der Waals surface area contributed by atoms with Crippen LogP contribution in [-0.2, 0) is 14.4 Å². The van der Waals surface area contributed by atoms with Crippen molar-refractivity contribution in [2.45, 2.75) is 45.2 Å². The molecule has 134 valence electrons. The molecule has 2 N–H and O–H groups in total. The molecule has 2 fully saturated rings. The summed E-state index contributed by atoms with van der Waals surface area (Å²) in [6, 6.07) is 9.04. The minimum absolute atomic E-state index is 0.00923. The van der Waals surface area contributed by atoms with Crippen molar-refractivity contribution >= 4 is 23.4 Å². The van der Waals surface area contributed by atoms with Gasteiger partial charge < -0.3 is 15.5 Å². The lowest BCUT2D eigenvalue weighted by Gasteiger charge is -2.23. The Hall–Kier alpha value is -2.37. The van der Waals surface area contributed by atoms with Crippen LogP contribution in [0.2, 0.25) is 0 Å². The van der Waals surface area contributed by atoms with Gasteiger partial charge in [-0.15, -0.1) is 0 Å². The molecule has 2 atom stereocenters. The monoisotopic (exact) mass is 343 g/mol. The van der Waals surface area contributed by atoms with E-state index in [9.17, 15) is 14.4 Å². The number of hydrogen-bond acceptors (Lipinski definition) is 3. The normalized spacial score (nSPS) is 21.3. The summed E-state index contributed by atoms with van der Waals surface area (Å²) in [5, 5.41) is 5.80. The van der Waals surface area contributed by atoms with Crippen LogP contribution in [0.1, 0.15) is 33.1 Å². The van der Waals surface area contributed by atoms with E-state index in [-0.39, 0.29) is 36.1 Å². The molecular weight excluding hydrogens is 318 g/mol. The van der Waals surface area contributed by atoms with Gasteiger partial charge in [-0.2, -0.15) is 0 Å². The maximum Gasteiger partial charge on any atom is 0.243 e. The molecule has 6 nitrogen and oxygen atoms in total. The fourth-order valence-electron chi connectivity index (χ4n) is 3.07. The van der Waals surface area contributed by atoms with E-state index in [0.29, 0.717) is 6.54 Å². The Balaban J connectivity index is 1.62. The number of nitrogens with one attached hydrogen (secondary N) is 2. The summed E-state index contributed by atoms with van der Waals surface area (Å²) < 4.78 is 0. The van der Waals surface area contributed by atoms with E-state index >= 15 is 0 Å². The Kier molecular flexibility index (Phi) is 5.06. The topological polar surface area (TPSA) is 78.5 Å². The highest BCUT2D eigenvalue weighted by Crippen LogP contribution is 2.25. The quantitative estimate of drug-likeness (QED) is 0.821. The zero-order chi connectivity index (χ0) is 18.0. The van der Waals surface area contributed by atoms with Crippen molar-refractivity contribution in [2.24, 2.45) is 11.8 Å². The van der Waals surface area contributed by atoms with Gasteiger partial charge in [0.25, 0.3) is 0 Å². The summed E-state index contributed by atoms with van der Waals surface area (Å²) >= 11 is 0. The van der Waals surface area contributed by atoms with E-state index < -0.39 is 12.0 Å².